The van der Waals surface area contributed by atoms with Gasteiger partial charge in [-0.05, 0) is 49.2 Å². The van der Waals surface area contributed by atoms with Crippen molar-refractivity contribution in [2.45, 2.75) is 25.0 Å². The van der Waals surface area contributed by atoms with Gasteiger partial charge in [0.25, 0.3) is 0 Å². The van der Waals surface area contributed by atoms with Crippen LogP contribution in [0.15, 0.2) is 42.5 Å². The average Bonchev–Trinajstić information content (AvgIpc) is 2.66. The largest absolute Gasteiger partial charge is 0.491 e. The number of hydrogen-bond acceptors (Lipinski definition) is 4. The topological polar surface area (TPSA) is 41.9 Å². The van der Waals surface area contributed by atoms with Crippen LogP contribution in [0.2, 0.25) is 15.1 Å². The second kappa shape index (κ2) is 9.85. The Bertz CT molecular complexity index is 734. The van der Waals surface area contributed by atoms with Gasteiger partial charge in [0.2, 0.25) is 0 Å². The second-order valence-electron chi connectivity index (χ2n) is 6.61. The van der Waals surface area contributed by atoms with Crippen LogP contribution in [0.1, 0.15) is 12.8 Å². The van der Waals surface area contributed by atoms with Gasteiger partial charge in [0, 0.05) is 30.7 Å². The molecular weight excluding hydrogens is 409 g/mol. The quantitative estimate of drug-likeness (QED) is 0.676. The summed E-state index contributed by atoms with van der Waals surface area (Å²) in [5, 5.41) is 11.9. The van der Waals surface area contributed by atoms with Gasteiger partial charge in [-0.1, -0.05) is 34.8 Å². The molecular formula is C20H22Cl3NO3. The Hall–Kier alpha value is -1.17. The summed E-state index contributed by atoms with van der Waals surface area (Å²) in [7, 11) is 0. The molecule has 1 atom stereocenters. The molecule has 0 saturated carbocycles. The van der Waals surface area contributed by atoms with E-state index in [4.69, 9.17) is 44.3 Å². The first kappa shape index (κ1) is 20.6. The molecule has 7 heteroatoms. The standard InChI is InChI=1S/C20H22Cl3NO3/c21-14-1-3-16(4-2-14)26-13-15(25)12-24-9-7-17(8-10-24)27-18-5-6-19(22)20(23)11-18/h1-6,11,15,17,25H,7-10,12-13H2. The van der Waals surface area contributed by atoms with Crippen LogP contribution in [0.5, 0.6) is 11.5 Å². The highest BCUT2D eigenvalue weighted by Crippen LogP contribution is 2.28. The van der Waals surface area contributed by atoms with E-state index in [1.54, 1.807) is 36.4 Å². The molecule has 0 bridgehead atoms. The lowest BCUT2D eigenvalue weighted by atomic mass is 10.1. The first-order chi connectivity index (χ1) is 13.0. The number of likely N-dealkylation sites (tertiary alicyclic amines) is 1. The zero-order valence-electron chi connectivity index (χ0n) is 14.8. The van der Waals surface area contributed by atoms with Crippen molar-refractivity contribution in [2.75, 3.05) is 26.2 Å². The molecule has 1 heterocycles. The summed E-state index contributed by atoms with van der Waals surface area (Å²) in [6, 6.07) is 12.4. The molecule has 0 amide bonds. The number of rotatable bonds is 7. The number of aliphatic hydroxyl groups excluding tert-OH is 1. The summed E-state index contributed by atoms with van der Waals surface area (Å²) in [6.07, 6.45) is 1.38. The molecule has 27 heavy (non-hydrogen) atoms. The third-order valence-electron chi connectivity index (χ3n) is 4.45. The maximum absolute atomic E-state index is 10.2. The number of ether oxygens (including phenoxy) is 2. The molecule has 2 aromatic carbocycles. The van der Waals surface area contributed by atoms with Crippen molar-refractivity contribution in [1.29, 1.82) is 0 Å². The van der Waals surface area contributed by atoms with Crippen molar-refractivity contribution in [3.8, 4) is 11.5 Å². The number of nitrogens with zero attached hydrogens (tertiary/aromatic N) is 1. The fourth-order valence-corrected chi connectivity index (χ4v) is 3.44. The van der Waals surface area contributed by atoms with Crippen molar-refractivity contribution in [1.82, 2.24) is 4.90 Å². The minimum atomic E-state index is -0.548. The van der Waals surface area contributed by atoms with Crippen LogP contribution < -0.4 is 9.47 Å². The SMILES string of the molecule is OC(COc1ccc(Cl)cc1)CN1CCC(Oc2ccc(Cl)c(Cl)c2)CC1. The fraction of sp³-hybridized carbons (Fsp3) is 0.400. The summed E-state index contributed by atoms with van der Waals surface area (Å²) in [6.45, 7) is 2.56. The normalized spacial score (nSPS) is 16.9. The number of β-amino-alcohol motifs (C(OH)–C–C–N with tert-alkyl or cyclic N) is 1. The highest BCUT2D eigenvalue weighted by molar-refractivity contribution is 6.42. The van der Waals surface area contributed by atoms with E-state index in [0.29, 0.717) is 27.4 Å². The molecule has 1 fully saturated rings. The lowest BCUT2D eigenvalue weighted by Gasteiger charge is -2.33. The average molecular weight is 431 g/mol. The van der Waals surface area contributed by atoms with E-state index in [1.165, 1.54) is 0 Å². The molecule has 4 nitrogen and oxygen atoms in total. The van der Waals surface area contributed by atoms with Crippen molar-refractivity contribution in [2.24, 2.45) is 0 Å². The highest BCUT2D eigenvalue weighted by Gasteiger charge is 2.22. The van der Waals surface area contributed by atoms with E-state index >= 15 is 0 Å². The predicted molar refractivity (Wildman–Crippen MR) is 110 cm³/mol. The van der Waals surface area contributed by atoms with Gasteiger partial charge in [-0.2, -0.15) is 0 Å². The summed E-state index contributed by atoms with van der Waals surface area (Å²) < 4.78 is 11.6. The first-order valence-electron chi connectivity index (χ1n) is 8.90. The minimum absolute atomic E-state index is 0.140. The molecule has 1 aliphatic heterocycles. The fourth-order valence-electron chi connectivity index (χ4n) is 3.03. The van der Waals surface area contributed by atoms with Crippen molar-refractivity contribution in [3.63, 3.8) is 0 Å². The van der Waals surface area contributed by atoms with E-state index in [0.717, 1.165) is 31.7 Å². The van der Waals surface area contributed by atoms with Gasteiger partial charge < -0.3 is 19.5 Å². The number of hydrogen-bond donors (Lipinski definition) is 1. The molecule has 3 rings (SSSR count). The van der Waals surface area contributed by atoms with Gasteiger partial charge >= 0.3 is 0 Å². The Kier molecular flexibility index (Phi) is 7.50. The van der Waals surface area contributed by atoms with Crippen LogP contribution >= 0.6 is 34.8 Å². The molecule has 1 N–H and O–H groups in total. The van der Waals surface area contributed by atoms with Gasteiger partial charge in [-0.3, -0.25) is 0 Å². The maximum Gasteiger partial charge on any atom is 0.121 e. The van der Waals surface area contributed by atoms with Crippen LogP contribution in [0, 0.1) is 0 Å². The molecule has 0 aliphatic carbocycles. The van der Waals surface area contributed by atoms with E-state index in [-0.39, 0.29) is 12.7 Å². The van der Waals surface area contributed by atoms with Crippen LogP contribution in [0.3, 0.4) is 0 Å². The molecule has 1 aliphatic rings. The Balaban J connectivity index is 1.38. The van der Waals surface area contributed by atoms with Gasteiger partial charge in [-0.15, -0.1) is 0 Å². The van der Waals surface area contributed by atoms with E-state index in [9.17, 15) is 5.11 Å². The van der Waals surface area contributed by atoms with E-state index in [2.05, 4.69) is 4.90 Å². The second-order valence-corrected chi connectivity index (χ2v) is 7.86. The predicted octanol–water partition coefficient (Wildman–Crippen LogP) is 4.93. The van der Waals surface area contributed by atoms with Gasteiger partial charge in [0.15, 0.2) is 0 Å². The minimum Gasteiger partial charge on any atom is -0.491 e. The third kappa shape index (κ3) is 6.44. The molecule has 0 aromatic heterocycles. The lowest BCUT2D eigenvalue weighted by molar-refractivity contribution is 0.0401. The van der Waals surface area contributed by atoms with Gasteiger partial charge in [0.05, 0.1) is 10.0 Å². The van der Waals surface area contributed by atoms with Gasteiger partial charge in [0.1, 0.15) is 30.3 Å². The zero-order chi connectivity index (χ0) is 19.2. The summed E-state index contributed by atoms with van der Waals surface area (Å²) in [5.74, 6) is 1.44. The Morgan fingerprint density at radius 2 is 1.63 bits per heavy atom. The molecule has 146 valence electrons. The highest BCUT2D eigenvalue weighted by atomic mass is 35.5. The van der Waals surface area contributed by atoms with Crippen LogP contribution in [-0.4, -0.2) is 48.5 Å². The molecule has 0 radical (unpaired) electrons. The Morgan fingerprint density at radius 1 is 0.963 bits per heavy atom. The summed E-state index contributed by atoms with van der Waals surface area (Å²) >= 11 is 17.8. The van der Waals surface area contributed by atoms with Crippen molar-refractivity contribution >= 4 is 34.8 Å². The summed E-state index contributed by atoms with van der Waals surface area (Å²) in [5.41, 5.74) is 0. The smallest absolute Gasteiger partial charge is 0.121 e. The number of piperidine rings is 1. The first-order valence-corrected chi connectivity index (χ1v) is 10.0. The molecule has 1 unspecified atom stereocenters. The van der Waals surface area contributed by atoms with Crippen molar-refractivity contribution < 1.29 is 14.6 Å². The molecule has 1 saturated heterocycles. The van der Waals surface area contributed by atoms with Crippen LogP contribution in [0.25, 0.3) is 0 Å². The Morgan fingerprint density at radius 3 is 2.30 bits per heavy atom. The van der Waals surface area contributed by atoms with E-state index < -0.39 is 6.10 Å². The molecule has 0 spiro atoms. The summed E-state index contributed by atoms with van der Waals surface area (Å²) in [4.78, 5) is 2.23. The Labute approximate surface area is 174 Å². The van der Waals surface area contributed by atoms with Gasteiger partial charge in [-0.25, -0.2) is 0 Å². The maximum atomic E-state index is 10.2. The zero-order valence-corrected chi connectivity index (χ0v) is 17.1. The van der Waals surface area contributed by atoms with Crippen molar-refractivity contribution in [3.05, 3.63) is 57.5 Å². The third-order valence-corrected chi connectivity index (χ3v) is 5.44. The number of benzene rings is 2. The van der Waals surface area contributed by atoms with Crippen LogP contribution in [0.4, 0.5) is 0 Å². The molecule has 2 aromatic rings. The van der Waals surface area contributed by atoms with E-state index in [1.807, 2.05) is 6.07 Å². The lowest BCUT2D eigenvalue weighted by Crippen LogP contribution is -2.43. The van der Waals surface area contributed by atoms with Crippen LogP contribution in [-0.2, 0) is 0 Å². The number of aliphatic hydroxyl groups is 1. The monoisotopic (exact) mass is 429 g/mol. The number of halogens is 3.